The summed E-state index contributed by atoms with van der Waals surface area (Å²) in [5.41, 5.74) is 1.01. The fraction of sp³-hybridized carbons (Fsp3) is 0.333. The van der Waals surface area contributed by atoms with Crippen molar-refractivity contribution < 1.29 is 9.47 Å². The molecule has 0 amide bonds. The molecule has 2 aromatic rings. The summed E-state index contributed by atoms with van der Waals surface area (Å²) in [6, 6.07) is 7.76. The maximum absolute atomic E-state index is 6.29. The van der Waals surface area contributed by atoms with Crippen LogP contribution in [0.3, 0.4) is 0 Å². The normalized spacial score (nSPS) is 12.2. The van der Waals surface area contributed by atoms with Crippen molar-refractivity contribution in [3.8, 4) is 11.5 Å². The molecule has 1 aromatic heterocycles. The average molecular weight is 346 g/mol. The first-order valence-electron chi connectivity index (χ1n) is 6.50. The van der Waals surface area contributed by atoms with Crippen molar-refractivity contribution in [2.75, 3.05) is 20.8 Å². The Morgan fingerprint density at radius 2 is 1.95 bits per heavy atom. The molecule has 1 unspecified atom stereocenters. The van der Waals surface area contributed by atoms with Gasteiger partial charge < -0.3 is 14.8 Å². The van der Waals surface area contributed by atoms with Crippen LogP contribution < -0.4 is 14.8 Å². The molecule has 0 spiro atoms. The van der Waals surface area contributed by atoms with Gasteiger partial charge in [0.05, 0.1) is 29.6 Å². The van der Waals surface area contributed by atoms with Crippen LogP contribution in [-0.4, -0.2) is 20.8 Å². The zero-order chi connectivity index (χ0) is 15.4. The van der Waals surface area contributed by atoms with Gasteiger partial charge in [-0.05, 0) is 36.4 Å². The van der Waals surface area contributed by atoms with Gasteiger partial charge in [-0.1, -0.05) is 30.1 Å². The molecule has 0 fully saturated rings. The lowest BCUT2D eigenvalue weighted by Gasteiger charge is -2.19. The predicted octanol–water partition coefficient (Wildman–Crippen LogP) is 4.77. The van der Waals surface area contributed by atoms with Crippen LogP contribution in [0.2, 0.25) is 9.36 Å². The lowest BCUT2D eigenvalue weighted by Crippen LogP contribution is -2.21. The largest absolute Gasteiger partial charge is 0.493 e. The van der Waals surface area contributed by atoms with Crippen LogP contribution in [0.1, 0.15) is 23.4 Å². The fourth-order valence-corrected chi connectivity index (χ4v) is 3.64. The van der Waals surface area contributed by atoms with E-state index in [-0.39, 0.29) is 6.04 Å². The third-order valence-electron chi connectivity index (χ3n) is 3.08. The summed E-state index contributed by atoms with van der Waals surface area (Å²) in [5, 5.41) is 3.97. The van der Waals surface area contributed by atoms with E-state index in [9.17, 15) is 0 Å². The number of thiophene rings is 1. The highest BCUT2D eigenvalue weighted by Gasteiger charge is 2.19. The fourth-order valence-electron chi connectivity index (χ4n) is 2.17. The summed E-state index contributed by atoms with van der Waals surface area (Å²) in [6.45, 7) is 2.89. The van der Waals surface area contributed by atoms with Crippen LogP contribution in [0.25, 0.3) is 0 Å². The van der Waals surface area contributed by atoms with Crippen LogP contribution in [0.4, 0.5) is 0 Å². The van der Waals surface area contributed by atoms with Gasteiger partial charge in [-0.2, -0.15) is 0 Å². The molecule has 114 valence electrons. The molecule has 21 heavy (non-hydrogen) atoms. The van der Waals surface area contributed by atoms with E-state index in [4.69, 9.17) is 32.7 Å². The smallest absolute Gasteiger partial charge is 0.179 e. The Bertz CT molecular complexity index is 616. The van der Waals surface area contributed by atoms with Crippen LogP contribution in [0.15, 0.2) is 24.3 Å². The van der Waals surface area contributed by atoms with Crippen molar-refractivity contribution in [3.05, 3.63) is 44.1 Å². The van der Waals surface area contributed by atoms with E-state index in [1.807, 2.05) is 24.3 Å². The van der Waals surface area contributed by atoms with Gasteiger partial charge in [0.2, 0.25) is 0 Å². The molecule has 1 atom stereocenters. The standard InChI is InChI=1S/C15H17Cl2NO2S/c1-4-18-14(12-5-6-13(17)21-12)9-7-10(16)15(20-3)11(8-9)19-2/h5-8,14,18H,4H2,1-3H3. The van der Waals surface area contributed by atoms with E-state index >= 15 is 0 Å². The molecule has 1 N–H and O–H groups in total. The Balaban J connectivity index is 2.48. The van der Waals surface area contributed by atoms with Crippen LogP contribution in [0.5, 0.6) is 11.5 Å². The number of nitrogens with one attached hydrogen (secondary N) is 1. The molecule has 0 aliphatic heterocycles. The summed E-state index contributed by atoms with van der Waals surface area (Å²) in [4.78, 5) is 1.13. The summed E-state index contributed by atoms with van der Waals surface area (Å²) < 4.78 is 11.4. The number of hydrogen-bond donors (Lipinski definition) is 1. The van der Waals surface area contributed by atoms with Gasteiger partial charge >= 0.3 is 0 Å². The minimum Gasteiger partial charge on any atom is -0.493 e. The van der Waals surface area contributed by atoms with E-state index in [1.54, 1.807) is 25.6 Å². The summed E-state index contributed by atoms with van der Waals surface area (Å²) >= 11 is 13.9. The molecule has 0 bridgehead atoms. The van der Waals surface area contributed by atoms with Crippen LogP contribution >= 0.6 is 34.5 Å². The second kappa shape index (κ2) is 7.36. The lowest BCUT2D eigenvalue weighted by atomic mass is 10.0. The summed E-state index contributed by atoms with van der Waals surface area (Å²) in [5.74, 6) is 1.16. The number of methoxy groups -OCH3 is 2. The number of hydrogen-bond acceptors (Lipinski definition) is 4. The van der Waals surface area contributed by atoms with Crippen molar-refractivity contribution in [1.82, 2.24) is 5.32 Å². The van der Waals surface area contributed by atoms with E-state index in [2.05, 4.69) is 12.2 Å². The number of halogens is 2. The van der Waals surface area contributed by atoms with Crippen molar-refractivity contribution in [2.45, 2.75) is 13.0 Å². The van der Waals surface area contributed by atoms with Gasteiger partial charge in [0, 0.05) is 4.88 Å². The van der Waals surface area contributed by atoms with E-state index in [1.165, 1.54) is 0 Å². The van der Waals surface area contributed by atoms with Crippen molar-refractivity contribution in [1.29, 1.82) is 0 Å². The summed E-state index contributed by atoms with van der Waals surface area (Å²) in [6.07, 6.45) is 0. The van der Waals surface area contributed by atoms with Crippen LogP contribution in [-0.2, 0) is 0 Å². The Morgan fingerprint density at radius 1 is 1.19 bits per heavy atom. The highest BCUT2D eigenvalue weighted by Crippen LogP contribution is 2.40. The second-order valence-electron chi connectivity index (χ2n) is 4.37. The Labute approximate surface area is 138 Å². The quantitative estimate of drug-likeness (QED) is 0.817. The molecule has 0 radical (unpaired) electrons. The SMILES string of the molecule is CCNC(c1cc(Cl)c(OC)c(OC)c1)c1ccc(Cl)s1. The number of ether oxygens (including phenoxy) is 2. The first kappa shape index (κ1) is 16.4. The highest BCUT2D eigenvalue weighted by atomic mass is 35.5. The van der Waals surface area contributed by atoms with E-state index < -0.39 is 0 Å². The second-order valence-corrected chi connectivity index (χ2v) is 6.52. The molecule has 2 rings (SSSR count). The van der Waals surface area contributed by atoms with Crippen molar-refractivity contribution in [2.24, 2.45) is 0 Å². The molecule has 6 heteroatoms. The van der Waals surface area contributed by atoms with Gasteiger partial charge in [0.25, 0.3) is 0 Å². The monoisotopic (exact) mass is 345 g/mol. The van der Waals surface area contributed by atoms with E-state index in [0.29, 0.717) is 16.5 Å². The lowest BCUT2D eigenvalue weighted by molar-refractivity contribution is 0.354. The first-order chi connectivity index (χ1) is 10.1. The first-order valence-corrected chi connectivity index (χ1v) is 8.08. The Kier molecular flexibility index (Phi) is 5.76. The minimum absolute atomic E-state index is 0.0183. The third kappa shape index (κ3) is 3.64. The zero-order valence-electron chi connectivity index (χ0n) is 12.1. The molecule has 0 saturated carbocycles. The van der Waals surface area contributed by atoms with Gasteiger partial charge in [-0.3, -0.25) is 0 Å². The van der Waals surface area contributed by atoms with Gasteiger partial charge in [0.15, 0.2) is 11.5 Å². The molecule has 0 aliphatic carbocycles. The van der Waals surface area contributed by atoms with Crippen molar-refractivity contribution >= 4 is 34.5 Å². The molecule has 0 saturated heterocycles. The average Bonchev–Trinajstić information content (AvgIpc) is 2.90. The molecule has 0 aliphatic rings. The van der Waals surface area contributed by atoms with Gasteiger partial charge in [0.1, 0.15) is 0 Å². The summed E-state index contributed by atoms with van der Waals surface area (Å²) in [7, 11) is 3.17. The number of rotatable bonds is 6. The molecule has 3 nitrogen and oxygen atoms in total. The molecule has 1 aromatic carbocycles. The topological polar surface area (TPSA) is 30.5 Å². The number of benzene rings is 1. The molecule has 1 heterocycles. The molecular weight excluding hydrogens is 329 g/mol. The van der Waals surface area contributed by atoms with Gasteiger partial charge in [-0.15, -0.1) is 11.3 Å². The zero-order valence-corrected chi connectivity index (χ0v) is 14.4. The third-order valence-corrected chi connectivity index (χ3v) is 4.65. The van der Waals surface area contributed by atoms with Crippen LogP contribution in [0, 0.1) is 0 Å². The Hall–Kier alpha value is -0.940. The van der Waals surface area contributed by atoms with E-state index in [0.717, 1.165) is 21.3 Å². The Morgan fingerprint density at radius 3 is 2.48 bits per heavy atom. The van der Waals surface area contributed by atoms with Gasteiger partial charge in [-0.25, -0.2) is 0 Å². The highest BCUT2D eigenvalue weighted by molar-refractivity contribution is 7.16. The maximum atomic E-state index is 6.29. The minimum atomic E-state index is 0.0183. The predicted molar refractivity (Wildman–Crippen MR) is 89.4 cm³/mol. The van der Waals surface area contributed by atoms with Crippen molar-refractivity contribution in [3.63, 3.8) is 0 Å². The molecular formula is C15H17Cl2NO2S. The maximum Gasteiger partial charge on any atom is 0.179 e.